The third-order valence-electron chi connectivity index (χ3n) is 4.92. The highest BCUT2D eigenvalue weighted by molar-refractivity contribution is 5.83. The zero-order valence-corrected chi connectivity index (χ0v) is 13.8. The van der Waals surface area contributed by atoms with Crippen molar-refractivity contribution in [3.05, 3.63) is 53.5 Å². The summed E-state index contributed by atoms with van der Waals surface area (Å²) in [4.78, 5) is 4.43. The smallest absolute Gasteiger partial charge is 0.200 e. The predicted molar refractivity (Wildman–Crippen MR) is 91.6 cm³/mol. The van der Waals surface area contributed by atoms with E-state index in [1.54, 1.807) is 13.3 Å². The average molecular weight is 337 g/mol. The van der Waals surface area contributed by atoms with Gasteiger partial charge in [0.25, 0.3) is 0 Å². The van der Waals surface area contributed by atoms with Gasteiger partial charge in [0.1, 0.15) is 6.07 Å². The molecule has 4 N–H and O–H groups in total. The molecule has 25 heavy (non-hydrogen) atoms. The zero-order valence-electron chi connectivity index (χ0n) is 13.8. The van der Waals surface area contributed by atoms with Crippen LogP contribution < -0.4 is 16.6 Å². The highest BCUT2D eigenvalue weighted by atomic mass is 16.5. The first kappa shape index (κ1) is 15.8. The molecule has 0 radical (unpaired) electrons. The molecule has 0 aliphatic carbocycles. The van der Waals surface area contributed by atoms with Crippen molar-refractivity contribution in [1.29, 1.82) is 5.26 Å². The number of hydrazine groups is 1. The van der Waals surface area contributed by atoms with Crippen LogP contribution in [0.1, 0.15) is 11.5 Å². The van der Waals surface area contributed by atoms with Crippen LogP contribution in [0.5, 0.6) is 0 Å². The van der Waals surface area contributed by atoms with E-state index in [4.69, 9.17) is 15.2 Å². The molecule has 4 unspecified atom stereocenters. The number of nitrogens with zero attached hydrogens (tertiary/aromatic N) is 2. The van der Waals surface area contributed by atoms with Crippen molar-refractivity contribution in [2.45, 2.75) is 18.2 Å². The standard InChI is InChI=1S/C18H19N5O2/c1-24-9-14-16-15(12(8-19)17(20)25-18(16)23-22-14)11-6-7-21-13-5-3-2-4-10(11)13/h2-7,14-16,18,22-23H,9,20H2,1H3. The maximum Gasteiger partial charge on any atom is 0.200 e. The number of hydrogen-bond donors (Lipinski definition) is 3. The van der Waals surface area contributed by atoms with Gasteiger partial charge in [-0.3, -0.25) is 4.98 Å². The minimum atomic E-state index is -0.325. The molecule has 7 heteroatoms. The lowest BCUT2D eigenvalue weighted by Crippen LogP contribution is -2.42. The molecule has 4 rings (SSSR count). The summed E-state index contributed by atoms with van der Waals surface area (Å²) in [7, 11) is 1.66. The van der Waals surface area contributed by atoms with E-state index < -0.39 is 0 Å². The van der Waals surface area contributed by atoms with Gasteiger partial charge in [-0.2, -0.15) is 5.26 Å². The van der Waals surface area contributed by atoms with Crippen LogP contribution in [0.4, 0.5) is 0 Å². The molecule has 2 aromatic rings. The Bertz CT molecular complexity index is 870. The number of allylic oxidation sites excluding steroid dienone is 1. The second kappa shape index (κ2) is 6.33. The molecule has 1 aromatic heterocycles. The van der Waals surface area contributed by atoms with Gasteiger partial charge in [0.2, 0.25) is 5.88 Å². The summed E-state index contributed by atoms with van der Waals surface area (Å²) in [5.41, 5.74) is 14.7. The highest BCUT2D eigenvalue weighted by Gasteiger charge is 2.49. The molecular weight excluding hydrogens is 318 g/mol. The molecule has 1 fully saturated rings. The fourth-order valence-electron chi connectivity index (χ4n) is 3.86. The summed E-state index contributed by atoms with van der Waals surface area (Å²) in [6.07, 6.45) is 1.45. The van der Waals surface area contributed by atoms with Crippen LogP contribution in [0, 0.1) is 17.2 Å². The summed E-state index contributed by atoms with van der Waals surface area (Å²) in [6.45, 7) is 0.496. The van der Waals surface area contributed by atoms with Gasteiger partial charge in [0, 0.05) is 30.5 Å². The fraction of sp³-hybridized carbons (Fsp3) is 0.333. The molecule has 0 spiro atoms. The summed E-state index contributed by atoms with van der Waals surface area (Å²) in [5.74, 6) is -0.0750. The molecular formula is C18H19N5O2. The van der Waals surface area contributed by atoms with Gasteiger partial charge >= 0.3 is 0 Å². The Morgan fingerprint density at radius 2 is 2.16 bits per heavy atom. The monoisotopic (exact) mass is 337 g/mol. The highest BCUT2D eigenvalue weighted by Crippen LogP contribution is 2.44. The normalized spacial score (nSPS) is 28.5. The van der Waals surface area contributed by atoms with E-state index in [2.05, 4.69) is 21.9 Å². The maximum atomic E-state index is 9.75. The number of methoxy groups -OCH3 is 1. The maximum absolute atomic E-state index is 9.75. The molecule has 3 heterocycles. The Balaban J connectivity index is 1.91. The summed E-state index contributed by atoms with van der Waals surface area (Å²) < 4.78 is 11.1. The Hall–Kier alpha value is -2.66. The molecule has 2 aliphatic heterocycles. The molecule has 128 valence electrons. The van der Waals surface area contributed by atoms with E-state index in [-0.39, 0.29) is 30.0 Å². The van der Waals surface area contributed by atoms with E-state index in [1.165, 1.54) is 0 Å². The van der Waals surface area contributed by atoms with E-state index in [9.17, 15) is 5.26 Å². The predicted octanol–water partition coefficient (Wildman–Crippen LogP) is 1.11. The lowest BCUT2D eigenvalue weighted by molar-refractivity contribution is 0.0281. The van der Waals surface area contributed by atoms with Gasteiger partial charge in [0.15, 0.2) is 6.23 Å². The largest absolute Gasteiger partial charge is 0.458 e. The lowest BCUT2D eigenvalue weighted by atomic mass is 9.75. The van der Waals surface area contributed by atoms with Gasteiger partial charge in [-0.05, 0) is 17.7 Å². The van der Waals surface area contributed by atoms with E-state index in [1.807, 2.05) is 30.3 Å². The molecule has 7 nitrogen and oxygen atoms in total. The number of benzene rings is 1. The number of nitrogens with one attached hydrogen (secondary N) is 2. The topological polar surface area (TPSA) is 105 Å². The van der Waals surface area contributed by atoms with Crippen molar-refractivity contribution in [3.8, 4) is 6.07 Å². The number of fused-ring (bicyclic) bond motifs is 2. The lowest BCUT2D eigenvalue weighted by Gasteiger charge is -2.36. The van der Waals surface area contributed by atoms with Gasteiger partial charge < -0.3 is 15.2 Å². The van der Waals surface area contributed by atoms with Crippen molar-refractivity contribution >= 4 is 10.9 Å². The molecule has 0 saturated carbocycles. The zero-order chi connectivity index (χ0) is 17.4. The SMILES string of the molecule is COCC1NNC2OC(N)=C(C#N)C(c3ccnc4ccccc34)C12. The number of nitrogens with two attached hydrogens (primary N) is 1. The van der Waals surface area contributed by atoms with Crippen LogP contribution in [0.2, 0.25) is 0 Å². The van der Waals surface area contributed by atoms with Crippen molar-refractivity contribution in [1.82, 2.24) is 15.8 Å². The first-order chi connectivity index (χ1) is 12.2. The van der Waals surface area contributed by atoms with Crippen LogP contribution in [-0.2, 0) is 9.47 Å². The number of rotatable bonds is 3. The molecule has 0 amide bonds. The van der Waals surface area contributed by atoms with Crippen LogP contribution in [0.15, 0.2) is 48.0 Å². The van der Waals surface area contributed by atoms with Crippen molar-refractivity contribution in [2.24, 2.45) is 11.7 Å². The summed E-state index contributed by atoms with van der Waals surface area (Å²) >= 11 is 0. The first-order valence-electron chi connectivity index (χ1n) is 8.14. The minimum absolute atomic E-state index is 0.0108. The van der Waals surface area contributed by atoms with E-state index >= 15 is 0 Å². The number of aromatic nitrogens is 1. The van der Waals surface area contributed by atoms with Gasteiger partial charge in [-0.15, -0.1) is 0 Å². The van der Waals surface area contributed by atoms with Gasteiger partial charge in [-0.1, -0.05) is 18.2 Å². The van der Waals surface area contributed by atoms with Crippen LogP contribution in [-0.4, -0.2) is 31.0 Å². The number of ether oxygens (including phenoxy) is 2. The van der Waals surface area contributed by atoms with Crippen molar-refractivity contribution in [2.75, 3.05) is 13.7 Å². The van der Waals surface area contributed by atoms with Crippen molar-refractivity contribution < 1.29 is 9.47 Å². The molecule has 1 aromatic carbocycles. The Kier molecular flexibility index (Phi) is 4.01. The average Bonchev–Trinajstić information content (AvgIpc) is 3.03. The van der Waals surface area contributed by atoms with Crippen LogP contribution in [0.3, 0.4) is 0 Å². The van der Waals surface area contributed by atoms with Crippen LogP contribution in [0.25, 0.3) is 10.9 Å². The number of hydrogen-bond acceptors (Lipinski definition) is 7. The van der Waals surface area contributed by atoms with Gasteiger partial charge in [-0.25, -0.2) is 10.9 Å². The fourth-order valence-corrected chi connectivity index (χ4v) is 3.86. The molecule has 0 bridgehead atoms. The van der Waals surface area contributed by atoms with E-state index in [0.29, 0.717) is 12.2 Å². The summed E-state index contributed by atoms with van der Waals surface area (Å²) in [6, 6.07) is 12.1. The molecule has 2 aliphatic rings. The third kappa shape index (κ3) is 2.51. The Labute approximate surface area is 145 Å². The molecule has 1 saturated heterocycles. The van der Waals surface area contributed by atoms with Crippen molar-refractivity contribution in [3.63, 3.8) is 0 Å². The number of pyridine rings is 1. The van der Waals surface area contributed by atoms with Crippen LogP contribution >= 0.6 is 0 Å². The second-order valence-electron chi connectivity index (χ2n) is 6.25. The van der Waals surface area contributed by atoms with Gasteiger partial charge in [0.05, 0.1) is 23.7 Å². The minimum Gasteiger partial charge on any atom is -0.458 e. The quantitative estimate of drug-likeness (QED) is 0.770. The Morgan fingerprint density at radius 3 is 2.96 bits per heavy atom. The number of para-hydroxylation sites is 1. The Morgan fingerprint density at radius 1 is 1.32 bits per heavy atom. The number of nitriles is 1. The second-order valence-corrected chi connectivity index (χ2v) is 6.25. The summed E-state index contributed by atoms with van der Waals surface area (Å²) in [5, 5.41) is 10.8. The third-order valence-corrected chi connectivity index (χ3v) is 4.92. The molecule has 4 atom stereocenters. The first-order valence-corrected chi connectivity index (χ1v) is 8.14. The van der Waals surface area contributed by atoms with E-state index in [0.717, 1.165) is 16.5 Å².